The van der Waals surface area contributed by atoms with Gasteiger partial charge in [-0.25, -0.2) is 0 Å². The van der Waals surface area contributed by atoms with E-state index in [1.807, 2.05) is 0 Å². The first-order valence-corrected chi connectivity index (χ1v) is 32.4. The lowest BCUT2D eigenvalue weighted by molar-refractivity contribution is 0.590. The summed E-state index contributed by atoms with van der Waals surface area (Å²) in [6, 6.07) is 10.3. The molecule has 21 rings (SSSR count). The van der Waals surface area contributed by atoms with Crippen LogP contribution in [0.4, 0.5) is 34.1 Å². The minimum atomic E-state index is -2.05. The van der Waals surface area contributed by atoms with Gasteiger partial charge in [-0.3, -0.25) is 0 Å². The van der Waals surface area contributed by atoms with Crippen molar-refractivity contribution in [3.63, 3.8) is 0 Å². The van der Waals surface area contributed by atoms with E-state index in [4.69, 9.17) is 14.3 Å². The predicted octanol–water partition coefficient (Wildman–Crippen LogP) is 23.7. The fraction of sp³-hybridized carbons (Fsp3) is 0.0426. The third-order valence-electron chi connectivity index (χ3n) is 19.2. The molecule has 4 aromatic heterocycles. The van der Waals surface area contributed by atoms with E-state index in [0.717, 1.165) is 9.13 Å². The molecule has 0 fully saturated rings. The maximum absolute atomic E-state index is 11.8. The van der Waals surface area contributed by atoms with Gasteiger partial charge in [0.15, 0.2) is 11.2 Å². The van der Waals surface area contributed by atoms with Crippen LogP contribution in [0.15, 0.2) is 336 Å². The summed E-state index contributed by atoms with van der Waals surface area (Å²) in [6.07, 6.45) is 0. The molecular formula is C94H63BN4O2. The van der Waals surface area contributed by atoms with Crippen molar-refractivity contribution in [3.05, 3.63) is 332 Å². The average molecular weight is 1320 g/mol. The fourth-order valence-electron chi connectivity index (χ4n) is 14.8. The largest absolute Gasteiger partial charge is 0.454 e. The van der Waals surface area contributed by atoms with Gasteiger partial charge in [0.1, 0.15) is 11.2 Å². The SMILES string of the molecule is [2H]c1c([2H])c(-n2c3c([2H])c([2H])c([2H])c([2H])c3c3c([2H])c([2H])c([2H])c([2H])c32)c([2H])c2c1B1c3c(cc(C(C)(C)C)cc3N(c3c(-c4ccccc4)c([2H])c(-c4ccccc4)c4c3oc3c([2H])c([2H])c([2H])c([2H])c34)c3c([2H])c(-n4c5c([2H])c([2H])c([2H])c([2H])c5c5c([2H])c([2H])c([2H])c([2H])c54)c([2H])c([2H])c31)N2c1c(-c2ccccc2)c([2H])c(-c2ccccc2)c2c1oc1c([2H])c([2H])c([2H])c([2H])c12. The number of hydrogen-bond acceptors (Lipinski definition) is 4. The maximum atomic E-state index is 11.8. The highest BCUT2D eigenvalue weighted by molar-refractivity contribution is 7.00. The Balaban J connectivity index is 1.07. The van der Waals surface area contributed by atoms with Crippen molar-refractivity contribution in [3.8, 4) is 55.9 Å². The average Bonchev–Trinajstić information content (AvgIpc) is 1.65. The van der Waals surface area contributed by atoms with Crippen LogP contribution in [-0.4, -0.2) is 15.8 Å². The third kappa shape index (κ3) is 8.47. The zero-order chi connectivity index (χ0) is 94.6. The van der Waals surface area contributed by atoms with Gasteiger partial charge < -0.3 is 27.8 Å². The highest BCUT2D eigenvalue weighted by Gasteiger charge is 2.47. The fourth-order valence-corrected chi connectivity index (χ4v) is 14.8. The van der Waals surface area contributed by atoms with Gasteiger partial charge in [0, 0.05) is 88.3 Å². The van der Waals surface area contributed by atoms with Gasteiger partial charge in [-0.05, 0) is 145 Å². The second-order valence-corrected chi connectivity index (χ2v) is 25.8. The van der Waals surface area contributed by atoms with Gasteiger partial charge in [-0.15, -0.1) is 0 Å². The molecule has 2 aliphatic rings. The molecule has 0 spiro atoms. The van der Waals surface area contributed by atoms with Gasteiger partial charge >= 0.3 is 0 Å². The first-order chi connectivity index (χ1) is 63.1. The van der Waals surface area contributed by atoms with Crippen molar-refractivity contribution in [1.82, 2.24) is 9.13 Å². The Morgan fingerprint density at radius 3 is 1.02 bits per heavy atom. The van der Waals surface area contributed by atoms with Crippen molar-refractivity contribution in [2.24, 2.45) is 0 Å². The van der Waals surface area contributed by atoms with E-state index >= 15 is 0 Å². The highest BCUT2D eigenvalue weighted by atomic mass is 16.3. The number of anilines is 6. The van der Waals surface area contributed by atoms with Crippen molar-refractivity contribution in [2.45, 2.75) is 26.2 Å². The molecule has 101 heavy (non-hydrogen) atoms. The molecule has 15 aromatic carbocycles. The topological polar surface area (TPSA) is 42.6 Å². The standard InChI is InChI=1S/C94H63BN4O2/c1-94(2,3)62-52-83-89-84(53-62)99(91-74(61-34-14-7-15-35-61)57-72(59-30-10-5-11-31-59)88-70-41-21-27-47-86(70)101-93(88)91)82-55-64(97-79-44-24-18-38-67(79)68-39-19-25-45-80(68)97)49-51-76(82)95(89)75-50-48-63(96-77-42-22-16-36-65(77)66-37-17-23-43-78(66)96)54-81(75)98(83)90-73(60-32-12-6-13-33-60)56-71(58-28-8-4-9-29-58)87-69-40-20-26-46-85(69)100-92(87)90/h4-57H,1-3H3/i16D,17D,18D,19D,20D,21D,22D,23D,24D,25D,26D,27D,36D,37D,38D,39D,40D,41D,42D,43D,44D,45D,46D,47D,48D,49D,50D,51D,54D,55D,56D,57D. The summed E-state index contributed by atoms with van der Waals surface area (Å²) in [7, 11) is 0. The summed E-state index contributed by atoms with van der Waals surface area (Å²) < 4.78 is 337. The van der Waals surface area contributed by atoms with Crippen LogP contribution >= 0.6 is 0 Å². The molecule has 0 bridgehead atoms. The highest BCUT2D eigenvalue weighted by Crippen LogP contribution is 2.57. The van der Waals surface area contributed by atoms with Gasteiger partial charge in [0.2, 0.25) is 0 Å². The van der Waals surface area contributed by atoms with E-state index in [9.17, 15) is 38.4 Å². The van der Waals surface area contributed by atoms with Gasteiger partial charge in [-0.2, -0.15) is 0 Å². The summed E-state index contributed by atoms with van der Waals surface area (Å²) in [4.78, 5) is 2.79. The predicted molar refractivity (Wildman–Crippen MR) is 424 cm³/mol. The summed E-state index contributed by atoms with van der Waals surface area (Å²) >= 11 is 0. The van der Waals surface area contributed by atoms with Crippen molar-refractivity contribution >= 4 is 145 Å². The Hall–Kier alpha value is -12.8. The van der Waals surface area contributed by atoms with Crippen LogP contribution < -0.4 is 26.2 Å². The smallest absolute Gasteiger partial charge is 0.252 e. The number of aromatic nitrogens is 2. The van der Waals surface area contributed by atoms with E-state index in [2.05, 4.69) is 0 Å². The van der Waals surface area contributed by atoms with Crippen LogP contribution in [0, 0.1) is 0 Å². The van der Waals surface area contributed by atoms with Crippen molar-refractivity contribution in [2.75, 3.05) is 9.80 Å². The Labute approximate surface area is 629 Å². The van der Waals surface area contributed by atoms with Gasteiger partial charge in [0.05, 0.1) is 77.3 Å². The number of benzene rings is 15. The number of para-hydroxylation sites is 6. The summed E-state index contributed by atoms with van der Waals surface area (Å²) in [5.74, 6) is 0. The molecule has 0 radical (unpaired) electrons. The summed E-state index contributed by atoms with van der Waals surface area (Å²) in [6.45, 7) is 3.37. The first kappa shape index (κ1) is 34.1. The van der Waals surface area contributed by atoms with Crippen LogP contribution in [0.2, 0.25) is 0 Å². The lowest BCUT2D eigenvalue weighted by Gasteiger charge is -2.46. The van der Waals surface area contributed by atoms with E-state index in [-0.39, 0.29) is 112 Å². The van der Waals surface area contributed by atoms with Crippen LogP contribution in [0.3, 0.4) is 0 Å². The molecule has 6 heterocycles. The Morgan fingerprint density at radius 1 is 0.337 bits per heavy atom. The number of fused-ring (bicyclic) bond motifs is 16. The lowest BCUT2D eigenvalue weighted by atomic mass is 9.33. The van der Waals surface area contributed by atoms with Crippen LogP contribution in [0.25, 0.3) is 143 Å². The van der Waals surface area contributed by atoms with E-state index in [0.29, 0.717) is 11.1 Å². The lowest BCUT2D eigenvalue weighted by Crippen LogP contribution is -2.61. The minimum Gasteiger partial charge on any atom is -0.454 e. The summed E-state index contributed by atoms with van der Waals surface area (Å²) in [5.41, 5.74) is -9.25. The van der Waals surface area contributed by atoms with Crippen LogP contribution in [0.1, 0.15) is 70.2 Å². The van der Waals surface area contributed by atoms with E-state index in [1.165, 1.54) is 9.80 Å². The molecule has 19 aromatic rings. The first-order valence-electron chi connectivity index (χ1n) is 48.4. The van der Waals surface area contributed by atoms with Crippen LogP contribution in [0.5, 0.6) is 0 Å². The number of rotatable bonds is 8. The molecule has 0 aliphatic carbocycles. The maximum Gasteiger partial charge on any atom is 0.252 e. The molecule has 0 N–H and O–H groups in total. The second kappa shape index (κ2) is 21.8. The number of furan rings is 2. The zero-order valence-corrected chi connectivity index (χ0v) is 53.4. The molecule has 0 amide bonds. The Kier molecular flexibility index (Phi) is 7.37. The van der Waals surface area contributed by atoms with E-state index in [1.54, 1.807) is 154 Å². The molecular weight excluding hydrogens is 1230 g/mol. The van der Waals surface area contributed by atoms with Crippen LogP contribution in [-0.2, 0) is 5.41 Å². The molecule has 0 atom stereocenters. The Morgan fingerprint density at radius 2 is 0.663 bits per heavy atom. The third-order valence-corrected chi connectivity index (χ3v) is 19.2. The molecule has 2 aliphatic heterocycles. The molecule has 7 heteroatoms. The number of hydrogen-bond donors (Lipinski definition) is 0. The van der Waals surface area contributed by atoms with E-state index < -0.39 is 282 Å². The molecule has 474 valence electrons. The second-order valence-electron chi connectivity index (χ2n) is 25.8. The minimum absolute atomic E-state index is 0.0240. The quantitative estimate of drug-likeness (QED) is 0.142. The molecule has 0 unspecified atom stereocenters. The van der Waals surface area contributed by atoms with Gasteiger partial charge in [0.25, 0.3) is 6.71 Å². The zero-order valence-electron chi connectivity index (χ0n) is 85.4. The Bertz CT molecular complexity index is 8010. The number of nitrogens with zero attached hydrogens (tertiary/aromatic N) is 4. The summed E-state index contributed by atoms with van der Waals surface area (Å²) in [5, 5.41) is -2.85. The van der Waals surface area contributed by atoms with Crippen molar-refractivity contribution in [1.29, 1.82) is 0 Å². The normalized spacial score (nSPS) is 17.3. The molecule has 0 saturated heterocycles. The van der Waals surface area contributed by atoms with Crippen molar-refractivity contribution < 1.29 is 52.7 Å². The monoisotopic (exact) mass is 1320 g/mol. The molecule has 0 saturated carbocycles. The van der Waals surface area contributed by atoms with Gasteiger partial charge in [-0.1, -0.05) is 263 Å². The molecule has 6 nitrogen and oxygen atoms in total.